The first-order valence-electron chi connectivity index (χ1n) is 7.76. The smallest absolute Gasteiger partial charge is 0.335 e. The molecule has 1 aromatic rings. The normalized spacial score (nSPS) is 12.7. The number of benzene rings is 1. The Kier molecular flexibility index (Phi) is 6.26. The minimum Gasteiger partial charge on any atom is -0.507 e. The van der Waals surface area contributed by atoms with Gasteiger partial charge < -0.3 is 14.2 Å². The van der Waals surface area contributed by atoms with E-state index < -0.39 is 7.60 Å². The number of hydrogen-bond donors (Lipinski definition) is 1. The summed E-state index contributed by atoms with van der Waals surface area (Å²) in [5, 5.41) is 10.4. The van der Waals surface area contributed by atoms with E-state index in [9.17, 15) is 9.67 Å². The third-order valence-electron chi connectivity index (χ3n) is 3.80. The van der Waals surface area contributed by atoms with Gasteiger partial charge in [-0.2, -0.15) is 0 Å². The number of rotatable bonds is 6. The summed E-state index contributed by atoms with van der Waals surface area (Å²) in [7, 11) is -3.16. The van der Waals surface area contributed by atoms with Gasteiger partial charge in [-0.25, -0.2) is 0 Å². The maximum absolute atomic E-state index is 12.8. The van der Waals surface area contributed by atoms with Crippen LogP contribution in [0.2, 0.25) is 0 Å². The lowest BCUT2D eigenvalue weighted by Gasteiger charge is -2.25. The first-order valence-corrected chi connectivity index (χ1v) is 9.49. The number of phenols is 1. The average Bonchev–Trinajstić information content (AvgIpc) is 2.38. The quantitative estimate of drug-likeness (QED) is 0.741. The van der Waals surface area contributed by atoms with Crippen LogP contribution in [0.1, 0.15) is 56.9 Å². The van der Waals surface area contributed by atoms with Gasteiger partial charge in [0.15, 0.2) is 0 Å². The number of aromatic hydroxyl groups is 1. The van der Waals surface area contributed by atoms with Gasteiger partial charge in [0, 0.05) is 0 Å². The molecule has 0 amide bonds. The van der Waals surface area contributed by atoms with Crippen molar-refractivity contribution >= 4 is 7.60 Å². The lowest BCUT2D eigenvalue weighted by molar-refractivity contribution is 0.219. The van der Waals surface area contributed by atoms with Crippen LogP contribution < -0.4 is 0 Å². The van der Waals surface area contributed by atoms with E-state index in [1.807, 2.05) is 40.7 Å². The highest BCUT2D eigenvalue weighted by atomic mass is 31.2. The van der Waals surface area contributed by atoms with Crippen molar-refractivity contribution in [2.45, 2.75) is 60.0 Å². The van der Waals surface area contributed by atoms with Crippen molar-refractivity contribution in [3.8, 4) is 5.75 Å². The third kappa shape index (κ3) is 4.34. The summed E-state index contributed by atoms with van der Waals surface area (Å²) < 4.78 is 23.6. The second-order valence-corrected chi connectivity index (χ2v) is 8.59. The number of hydrogen-bond acceptors (Lipinski definition) is 4. The maximum atomic E-state index is 12.8. The molecule has 0 unspecified atom stereocenters. The minimum absolute atomic E-state index is 0.196. The van der Waals surface area contributed by atoms with Gasteiger partial charge >= 0.3 is 7.60 Å². The van der Waals surface area contributed by atoms with E-state index in [1.54, 1.807) is 13.8 Å². The summed E-state index contributed by atoms with van der Waals surface area (Å²) in [6.07, 6.45) is 0.227. The van der Waals surface area contributed by atoms with E-state index in [0.717, 1.165) is 22.3 Å². The predicted octanol–water partition coefficient (Wildman–Crippen LogP) is 5.07. The molecule has 0 spiro atoms. The molecular weight excluding hydrogens is 299 g/mol. The van der Waals surface area contributed by atoms with Crippen molar-refractivity contribution in [3.05, 3.63) is 28.3 Å². The van der Waals surface area contributed by atoms with E-state index >= 15 is 0 Å². The average molecular weight is 328 g/mol. The molecule has 0 radical (unpaired) electrons. The van der Waals surface area contributed by atoms with Gasteiger partial charge in [-0.05, 0) is 55.4 Å². The van der Waals surface area contributed by atoms with Crippen molar-refractivity contribution < 1.29 is 18.7 Å². The highest BCUT2D eigenvalue weighted by molar-refractivity contribution is 7.53. The van der Waals surface area contributed by atoms with Crippen molar-refractivity contribution in [1.82, 2.24) is 0 Å². The van der Waals surface area contributed by atoms with Crippen LogP contribution in [-0.4, -0.2) is 18.3 Å². The van der Waals surface area contributed by atoms with Crippen LogP contribution in [-0.2, 0) is 25.2 Å². The molecule has 0 aliphatic carbocycles. The molecule has 1 rings (SSSR count). The zero-order valence-electron chi connectivity index (χ0n) is 14.8. The fourth-order valence-corrected chi connectivity index (χ4v) is 4.23. The molecule has 0 saturated heterocycles. The largest absolute Gasteiger partial charge is 0.507 e. The monoisotopic (exact) mass is 328 g/mol. The molecule has 0 heterocycles. The highest BCUT2D eigenvalue weighted by Crippen LogP contribution is 2.52. The molecule has 126 valence electrons. The lowest BCUT2D eigenvalue weighted by Crippen LogP contribution is -2.13. The van der Waals surface area contributed by atoms with Crippen molar-refractivity contribution in [2.75, 3.05) is 13.2 Å². The summed E-state index contributed by atoms with van der Waals surface area (Å²) in [5.74, 6) is 0.316. The summed E-state index contributed by atoms with van der Waals surface area (Å²) in [5.41, 5.74) is 3.32. The molecular formula is C17H29O4P. The topological polar surface area (TPSA) is 55.8 Å². The van der Waals surface area contributed by atoms with Crippen LogP contribution in [0.15, 0.2) is 6.07 Å². The highest BCUT2D eigenvalue weighted by Gasteiger charge is 2.28. The molecule has 0 bridgehead atoms. The molecule has 0 aliphatic heterocycles. The van der Waals surface area contributed by atoms with Gasteiger partial charge in [-0.1, -0.05) is 26.8 Å². The molecule has 0 fully saturated rings. The zero-order valence-corrected chi connectivity index (χ0v) is 15.7. The van der Waals surface area contributed by atoms with Crippen LogP contribution in [0.25, 0.3) is 0 Å². The molecule has 0 aliphatic rings. The molecule has 0 saturated carbocycles. The fraction of sp³-hybridized carbons (Fsp3) is 0.647. The van der Waals surface area contributed by atoms with Crippen molar-refractivity contribution in [3.63, 3.8) is 0 Å². The van der Waals surface area contributed by atoms with E-state index in [1.165, 1.54) is 0 Å². The molecule has 22 heavy (non-hydrogen) atoms. The van der Waals surface area contributed by atoms with Gasteiger partial charge in [0.1, 0.15) is 5.75 Å². The van der Waals surface area contributed by atoms with Gasteiger partial charge in [-0.15, -0.1) is 0 Å². The van der Waals surface area contributed by atoms with E-state index in [2.05, 4.69) is 0 Å². The third-order valence-corrected chi connectivity index (χ3v) is 5.83. The van der Waals surface area contributed by atoms with Crippen LogP contribution in [0.4, 0.5) is 0 Å². The van der Waals surface area contributed by atoms with E-state index in [4.69, 9.17) is 9.05 Å². The molecule has 0 aromatic heterocycles. The summed E-state index contributed by atoms with van der Waals surface area (Å²) in [6, 6.07) is 1.93. The van der Waals surface area contributed by atoms with Gasteiger partial charge in [0.25, 0.3) is 0 Å². The van der Waals surface area contributed by atoms with Crippen molar-refractivity contribution in [1.29, 1.82) is 0 Å². The Hall–Kier alpha value is -0.830. The molecule has 1 aromatic carbocycles. The van der Waals surface area contributed by atoms with Crippen LogP contribution >= 0.6 is 7.60 Å². The Balaban J connectivity index is 3.36. The summed E-state index contributed by atoms with van der Waals surface area (Å²) in [6.45, 7) is 14.3. The zero-order chi connectivity index (χ0) is 17.1. The molecule has 4 nitrogen and oxygen atoms in total. The Labute approximate surface area is 134 Å². The van der Waals surface area contributed by atoms with Crippen molar-refractivity contribution in [2.24, 2.45) is 0 Å². The fourth-order valence-electron chi connectivity index (χ4n) is 2.44. The standard InChI is InChI=1S/C17H29O4P/c1-8-20-22(19,21-9-2)11-14-10-15(17(5,6)7)16(18)13(4)12(14)3/h10,18H,8-9,11H2,1-7H3. The summed E-state index contributed by atoms with van der Waals surface area (Å²) in [4.78, 5) is 0. The second kappa shape index (κ2) is 7.16. The SMILES string of the molecule is CCOP(=O)(Cc1cc(C(C)(C)C)c(O)c(C)c1C)OCC. The molecule has 5 heteroatoms. The molecule has 1 N–H and O–H groups in total. The van der Waals surface area contributed by atoms with Gasteiger partial charge in [0.2, 0.25) is 0 Å². The Morgan fingerprint density at radius 2 is 1.59 bits per heavy atom. The van der Waals surface area contributed by atoms with Gasteiger partial charge in [0.05, 0.1) is 19.4 Å². The predicted molar refractivity (Wildman–Crippen MR) is 90.8 cm³/mol. The Bertz CT molecular complexity index is 563. The second-order valence-electron chi connectivity index (χ2n) is 6.54. The van der Waals surface area contributed by atoms with Crippen LogP contribution in [0, 0.1) is 13.8 Å². The molecule has 0 atom stereocenters. The van der Waals surface area contributed by atoms with E-state index in [0.29, 0.717) is 19.0 Å². The summed E-state index contributed by atoms with van der Waals surface area (Å²) >= 11 is 0. The number of phenolic OH excluding ortho intramolecular Hbond substituents is 1. The van der Waals surface area contributed by atoms with Crippen LogP contribution in [0.3, 0.4) is 0 Å². The first-order chi connectivity index (χ1) is 10.1. The lowest BCUT2D eigenvalue weighted by atomic mass is 9.83. The van der Waals surface area contributed by atoms with Gasteiger partial charge in [-0.3, -0.25) is 4.57 Å². The Morgan fingerprint density at radius 1 is 1.09 bits per heavy atom. The van der Waals surface area contributed by atoms with Crippen LogP contribution in [0.5, 0.6) is 5.75 Å². The first kappa shape index (κ1) is 19.2. The maximum Gasteiger partial charge on any atom is 0.335 e. The Morgan fingerprint density at radius 3 is 2.00 bits per heavy atom. The minimum atomic E-state index is -3.16. The van der Waals surface area contributed by atoms with E-state index in [-0.39, 0.29) is 11.6 Å².